The van der Waals surface area contributed by atoms with E-state index in [9.17, 15) is 21.9 Å². The van der Waals surface area contributed by atoms with E-state index < -0.39 is 32.7 Å². The van der Waals surface area contributed by atoms with Crippen LogP contribution in [0.5, 0.6) is 0 Å². The van der Waals surface area contributed by atoms with Gasteiger partial charge in [-0.15, -0.1) is 0 Å². The molecular weight excluding hydrogens is 241 g/mol. The van der Waals surface area contributed by atoms with Crippen molar-refractivity contribution in [1.29, 1.82) is 0 Å². The van der Waals surface area contributed by atoms with E-state index in [1.807, 2.05) is 0 Å². The summed E-state index contributed by atoms with van der Waals surface area (Å²) < 4.78 is 57.4. The molecule has 7 heteroatoms. The van der Waals surface area contributed by atoms with Crippen molar-refractivity contribution in [3.8, 4) is 0 Å². The second-order valence-corrected chi connectivity index (χ2v) is 3.72. The van der Waals surface area contributed by atoms with Crippen LogP contribution in [0.3, 0.4) is 0 Å². The number of halogens is 4. The Morgan fingerprint density at radius 1 is 1.36 bits per heavy atom. The highest BCUT2D eigenvalue weighted by atomic mass is 35.5. The van der Waals surface area contributed by atoms with Crippen molar-refractivity contribution >= 4 is 22.7 Å². The molecule has 0 heterocycles. The molecule has 0 aliphatic carbocycles. The maximum absolute atomic E-state index is 12.2. The number of alkyl halides is 3. The first-order valence-electron chi connectivity index (χ1n) is 3.28. The highest BCUT2D eigenvalue weighted by Crippen LogP contribution is 2.35. The van der Waals surface area contributed by atoms with E-state index in [0.717, 1.165) is 12.1 Å². The van der Waals surface area contributed by atoms with Crippen LogP contribution < -0.4 is 0 Å². The Hall–Kier alpha value is -0.590. The third-order valence-electron chi connectivity index (χ3n) is 1.44. The summed E-state index contributed by atoms with van der Waals surface area (Å²) in [5.41, 5.74) is -1.15. The smallest absolute Gasteiger partial charge is 0.417 e. The summed E-state index contributed by atoms with van der Waals surface area (Å²) >= 11 is 2.57. The minimum atomic E-state index is -4.65. The van der Waals surface area contributed by atoms with Crippen LogP contribution in [0.15, 0.2) is 23.1 Å². The molecule has 0 bridgehead atoms. The van der Waals surface area contributed by atoms with E-state index in [2.05, 4.69) is 0 Å². The fourth-order valence-electron chi connectivity index (χ4n) is 0.825. The van der Waals surface area contributed by atoms with E-state index in [0.29, 0.717) is 6.07 Å². The van der Waals surface area contributed by atoms with Crippen molar-refractivity contribution in [2.75, 3.05) is 0 Å². The van der Waals surface area contributed by atoms with Crippen LogP contribution in [0, 0.1) is 0 Å². The quantitative estimate of drug-likeness (QED) is 0.712. The van der Waals surface area contributed by atoms with Gasteiger partial charge in [0.2, 0.25) is 0 Å². The molecule has 0 spiro atoms. The molecule has 0 N–H and O–H groups in total. The lowest BCUT2D eigenvalue weighted by Gasteiger charge is -2.11. The van der Waals surface area contributed by atoms with E-state index in [-0.39, 0.29) is 0 Å². The van der Waals surface area contributed by atoms with Gasteiger partial charge in [-0.2, -0.15) is 13.2 Å². The van der Waals surface area contributed by atoms with Crippen LogP contribution in [0.2, 0.25) is 5.02 Å². The van der Waals surface area contributed by atoms with Crippen molar-refractivity contribution in [2.24, 2.45) is 0 Å². The van der Waals surface area contributed by atoms with Gasteiger partial charge in [0, 0.05) is 4.90 Å². The Labute approximate surface area is 85.0 Å². The first-order chi connectivity index (χ1) is 6.32. The number of benzene rings is 1. The Morgan fingerprint density at radius 3 is 2.36 bits per heavy atom. The van der Waals surface area contributed by atoms with Gasteiger partial charge >= 0.3 is 6.18 Å². The van der Waals surface area contributed by atoms with Crippen LogP contribution in [0.4, 0.5) is 13.2 Å². The lowest BCUT2D eigenvalue weighted by molar-refractivity contribution is -0.137. The Bertz CT molecular complexity index is 378. The predicted octanol–water partition coefficient (Wildman–Crippen LogP) is 2.60. The summed E-state index contributed by atoms with van der Waals surface area (Å²) in [7, 11) is 0. The SMILES string of the molecule is O=S([O-])c1ccc(Cl)c(C(F)(F)F)c1. The van der Waals surface area contributed by atoms with E-state index in [4.69, 9.17) is 11.6 Å². The van der Waals surface area contributed by atoms with E-state index in [1.165, 1.54) is 0 Å². The number of rotatable bonds is 1. The molecule has 0 radical (unpaired) electrons. The Morgan fingerprint density at radius 2 is 1.93 bits per heavy atom. The highest BCUT2D eigenvalue weighted by Gasteiger charge is 2.33. The van der Waals surface area contributed by atoms with Crippen molar-refractivity contribution in [1.82, 2.24) is 0 Å². The lowest BCUT2D eigenvalue weighted by atomic mass is 10.2. The zero-order chi connectivity index (χ0) is 10.9. The molecule has 0 aliphatic heterocycles. The first kappa shape index (κ1) is 11.5. The molecule has 1 rings (SSSR count). The maximum atomic E-state index is 12.2. The molecule has 1 atom stereocenters. The Kier molecular flexibility index (Phi) is 3.18. The molecule has 14 heavy (non-hydrogen) atoms. The number of hydrogen-bond acceptors (Lipinski definition) is 2. The monoisotopic (exact) mass is 243 g/mol. The molecule has 1 aromatic rings. The molecular formula is C7H3ClF3O2S-. The minimum absolute atomic E-state index is 0.443. The summed E-state index contributed by atoms with van der Waals surface area (Å²) in [6, 6.07) is 2.39. The molecule has 0 aromatic heterocycles. The molecule has 0 saturated carbocycles. The van der Waals surface area contributed by atoms with Gasteiger partial charge in [0.05, 0.1) is 10.6 Å². The van der Waals surface area contributed by atoms with Gasteiger partial charge in [-0.25, -0.2) is 0 Å². The van der Waals surface area contributed by atoms with Crippen molar-refractivity contribution in [2.45, 2.75) is 11.1 Å². The average molecular weight is 244 g/mol. The van der Waals surface area contributed by atoms with Crippen LogP contribution in [-0.2, 0) is 17.3 Å². The summed E-state index contributed by atoms with van der Waals surface area (Å²) in [5.74, 6) is 0. The van der Waals surface area contributed by atoms with Gasteiger partial charge in [-0.3, -0.25) is 4.21 Å². The molecule has 0 aliphatic rings. The summed E-state index contributed by atoms with van der Waals surface area (Å²) in [6.45, 7) is 0. The highest BCUT2D eigenvalue weighted by molar-refractivity contribution is 7.79. The van der Waals surface area contributed by atoms with Gasteiger partial charge in [0.1, 0.15) is 0 Å². The zero-order valence-electron chi connectivity index (χ0n) is 6.47. The summed E-state index contributed by atoms with van der Waals surface area (Å²) in [6.07, 6.45) is -4.65. The largest absolute Gasteiger partial charge is 0.768 e. The van der Waals surface area contributed by atoms with Gasteiger partial charge in [0.25, 0.3) is 0 Å². The predicted molar refractivity (Wildman–Crippen MR) is 43.6 cm³/mol. The fourth-order valence-corrected chi connectivity index (χ4v) is 1.44. The fraction of sp³-hybridized carbons (Fsp3) is 0.143. The molecule has 1 unspecified atom stereocenters. The van der Waals surface area contributed by atoms with Crippen molar-refractivity contribution in [3.63, 3.8) is 0 Å². The third kappa shape index (κ3) is 2.46. The molecule has 78 valence electrons. The van der Waals surface area contributed by atoms with Gasteiger partial charge < -0.3 is 4.55 Å². The molecule has 0 fully saturated rings. The van der Waals surface area contributed by atoms with Crippen molar-refractivity contribution < 1.29 is 21.9 Å². The first-order valence-corrected chi connectivity index (χ1v) is 4.73. The zero-order valence-corrected chi connectivity index (χ0v) is 8.04. The molecule has 0 amide bonds. The number of hydrogen-bond donors (Lipinski definition) is 0. The molecule has 0 saturated heterocycles. The normalized spacial score (nSPS) is 14.1. The second kappa shape index (κ2) is 3.88. The van der Waals surface area contributed by atoms with Crippen LogP contribution in [0.1, 0.15) is 5.56 Å². The van der Waals surface area contributed by atoms with Gasteiger partial charge in [-0.05, 0) is 29.3 Å². The van der Waals surface area contributed by atoms with E-state index >= 15 is 0 Å². The van der Waals surface area contributed by atoms with Crippen LogP contribution in [0.25, 0.3) is 0 Å². The van der Waals surface area contributed by atoms with Gasteiger partial charge in [0.15, 0.2) is 0 Å². The Balaban J connectivity index is 3.29. The minimum Gasteiger partial charge on any atom is -0.768 e. The maximum Gasteiger partial charge on any atom is 0.417 e. The van der Waals surface area contributed by atoms with E-state index in [1.54, 1.807) is 0 Å². The standard InChI is InChI=1S/C7H4ClF3O2S/c8-6-2-1-4(14(12)13)3-5(6)7(9,10)11/h1-3H,(H,12,13)/p-1. The van der Waals surface area contributed by atoms with Crippen LogP contribution in [-0.4, -0.2) is 8.76 Å². The lowest BCUT2D eigenvalue weighted by Crippen LogP contribution is -2.06. The second-order valence-electron chi connectivity index (χ2n) is 2.37. The molecule has 2 nitrogen and oxygen atoms in total. The topological polar surface area (TPSA) is 40.1 Å². The van der Waals surface area contributed by atoms with Gasteiger partial charge in [-0.1, -0.05) is 11.6 Å². The van der Waals surface area contributed by atoms with Crippen molar-refractivity contribution in [3.05, 3.63) is 28.8 Å². The summed E-state index contributed by atoms with van der Waals surface area (Å²) in [4.78, 5) is -0.443. The average Bonchev–Trinajstić information content (AvgIpc) is 2.02. The summed E-state index contributed by atoms with van der Waals surface area (Å²) in [5, 5.41) is -0.522. The third-order valence-corrected chi connectivity index (χ3v) is 2.40. The van der Waals surface area contributed by atoms with Crippen LogP contribution >= 0.6 is 11.6 Å². The molecule has 1 aromatic carbocycles.